The molecular formula is C53H41N4OPt-3. The average Bonchev–Trinajstić information content (AvgIpc) is 3.79. The molecule has 1 aliphatic rings. The second-order valence-corrected chi connectivity index (χ2v) is 15.8. The number of anilines is 3. The largest absolute Gasteiger partial charge is 0.509 e. The molecule has 0 spiro atoms. The molecule has 0 unspecified atom stereocenters. The number of fused-ring (bicyclic) bond motifs is 4. The van der Waals surface area contributed by atoms with E-state index in [0.717, 1.165) is 67.9 Å². The van der Waals surface area contributed by atoms with Crippen LogP contribution in [0.2, 0.25) is 0 Å². The molecule has 0 saturated carbocycles. The monoisotopic (exact) mass is 944 g/mol. The molecule has 2 aromatic heterocycles. The van der Waals surface area contributed by atoms with Gasteiger partial charge in [-0.15, -0.1) is 47.0 Å². The Labute approximate surface area is 360 Å². The van der Waals surface area contributed by atoms with Crippen LogP contribution in [0, 0.1) is 18.8 Å². The Morgan fingerprint density at radius 2 is 1.27 bits per heavy atom. The van der Waals surface area contributed by atoms with E-state index < -0.39 is 0 Å². The van der Waals surface area contributed by atoms with Crippen molar-refractivity contribution in [3.63, 3.8) is 0 Å². The number of hydrogen-bond donors (Lipinski definition) is 0. The molecule has 1 aliphatic heterocycles. The molecule has 10 rings (SSSR count). The van der Waals surface area contributed by atoms with Crippen LogP contribution in [0.3, 0.4) is 0 Å². The number of aromatic nitrogens is 2. The summed E-state index contributed by atoms with van der Waals surface area (Å²) in [6.07, 6.45) is 1.91. The van der Waals surface area contributed by atoms with Gasteiger partial charge in [0.15, 0.2) is 0 Å². The number of nitrogens with zero attached hydrogens (tertiary/aromatic N) is 4. The fraction of sp³-hybridized carbons (Fsp3) is 0.0943. The summed E-state index contributed by atoms with van der Waals surface area (Å²) in [6, 6.07) is 66.8. The first kappa shape index (κ1) is 38.1. The Kier molecular flexibility index (Phi) is 10.2. The van der Waals surface area contributed by atoms with Crippen molar-refractivity contribution in [1.29, 1.82) is 0 Å². The topological polar surface area (TPSA) is 33.5 Å². The molecule has 0 fully saturated rings. The fourth-order valence-corrected chi connectivity index (χ4v) is 7.94. The molecule has 7 aromatic carbocycles. The molecular weight excluding hydrogens is 904 g/mol. The molecule has 0 radical (unpaired) electrons. The van der Waals surface area contributed by atoms with Gasteiger partial charge in [0, 0.05) is 62.2 Å². The Bertz CT molecular complexity index is 2920. The summed E-state index contributed by atoms with van der Waals surface area (Å²) in [5.41, 5.74) is 11.9. The minimum Gasteiger partial charge on any atom is -0.509 e. The zero-order valence-electron chi connectivity index (χ0n) is 33.0. The Balaban J connectivity index is 0.00000449. The quantitative estimate of drug-likeness (QED) is 0.142. The van der Waals surface area contributed by atoms with Crippen LogP contribution in [0.1, 0.15) is 31.9 Å². The standard InChI is InChI=1S/C53H41N4O.Pt/c1-53(2,3)42-27-28-54-52(32-42)57-48-26-23-40(38-17-9-5-10-18-38)31-47(48)46-25-24-44(34-51(46)57)58-45-30-41(39-19-11-6-12-20-39)29-43(33-45)56-36-55(35-37-15-7-4-8-16-37)49-21-13-14-22-50(49)56;/h4-32,36H,35H2,1-3H3;/q-3;. The second kappa shape index (κ2) is 15.7. The van der Waals surface area contributed by atoms with Crippen molar-refractivity contribution in [3.8, 4) is 39.6 Å². The van der Waals surface area contributed by atoms with E-state index in [2.05, 4.69) is 212 Å². The molecule has 0 atom stereocenters. The number of para-hydroxylation sites is 2. The van der Waals surface area contributed by atoms with Crippen LogP contribution >= 0.6 is 0 Å². The van der Waals surface area contributed by atoms with Gasteiger partial charge in [0.2, 0.25) is 0 Å². The van der Waals surface area contributed by atoms with Crippen LogP contribution in [-0.2, 0) is 33.0 Å². The van der Waals surface area contributed by atoms with Gasteiger partial charge in [0.05, 0.1) is 0 Å². The first-order valence-corrected chi connectivity index (χ1v) is 19.7. The van der Waals surface area contributed by atoms with Crippen LogP contribution in [0.15, 0.2) is 176 Å². The van der Waals surface area contributed by atoms with Crippen molar-refractivity contribution < 1.29 is 25.8 Å². The first-order valence-electron chi connectivity index (χ1n) is 19.7. The summed E-state index contributed by atoms with van der Waals surface area (Å²) >= 11 is 0. The van der Waals surface area contributed by atoms with E-state index >= 15 is 0 Å². The van der Waals surface area contributed by atoms with Crippen molar-refractivity contribution in [3.05, 3.63) is 206 Å². The molecule has 0 N–H and O–H groups in total. The SMILES string of the molecule is CC(C)(C)c1ccnc(-n2c3[c-]c(Oc4[c-]c(N5[CH-]N(Cc6ccccc6)c6ccccc65)cc(-c5ccccc5)c4)ccc3c3cc(-c4ccccc4)ccc32)c1.[Pt]. The van der Waals surface area contributed by atoms with E-state index in [-0.39, 0.29) is 26.5 Å². The van der Waals surface area contributed by atoms with Gasteiger partial charge < -0.3 is 19.1 Å². The Morgan fingerprint density at radius 1 is 0.593 bits per heavy atom. The van der Waals surface area contributed by atoms with Crippen molar-refractivity contribution in [1.82, 2.24) is 9.55 Å². The van der Waals surface area contributed by atoms with Crippen LogP contribution in [0.25, 0.3) is 49.9 Å². The van der Waals surface area contributed by atoms with E-state index in [0.29, 0.717) is 11.5 Å². The summed E-state index contributed by atoms with van der Waals surface area (Å²) in [6.45, 7) is 9.61. The Hall–Kier alpha value is -6.42. The molecule has 292 valence electrons. The normalized spacial score (nSPS) is 12.5. The number of hydrogen-bond acceptors (Lipinski definition) is 4. The average molecular weight is 945 g/mol. The maximum absolute atomic E-state index is 6.82. The smallest absolute Gasteiger partial charge is 0.135 e. The van der Waals surface area contributed by atoms with Gasteiger partial charge in [-0.1, -0.05) is 142 Å². The van der Waals surface area contributed by atoms with Crippen LogP contribution in [-0.4, -0.2) is 9.55 Å². The van der Waals surface area contributed by atoms with Gasteiger partial charge in [-0.3, -0.25) is 0 Å². The molecule has 0 saturated heterocycles. The number of benzene rings is 7. The number of rotatable bonds is 8. The van der Waals surface area contributed by atoms with E-state index in [1.165, 1.54) is 16.7 Å². The van der Waals surface area contributed by atoms with Crippen molar-refractivity contribution in [2.45, 2.75) is 32.7 Å². The summed E-state index contributed by atoms with van der Waals surface area (Å²) in [7, 11) is 0. The summed E-state index contributed by atoms with van der Waals surface area (Å²) in [4.78, 5) is 9.43. The van der Waals surface area contributed by atoms with Gasteiger partial charge >= 0.3 is 0 Å². The molecule has 0 amide bonds. The summed E-state index contributed by atoms with van der Waals surface area (Å²) in [5.74, 6) is 2.04. The van der Waals surface area contributed by atoms with Crippen molar-refractivity contribution >= 4 is 38.9 Å². The molecule has 9 aromatic rings. The van der Waals surface area contributed by atoms with Crippen LogP contribution in [0.5, 0.6) is 11.5 Å². The molecule has 5 nitrogen and oxygen atoms in total. The maximum atomic E-state index is 6.82. The Morgan fingerprint density at radius 3 is 2.00 bits per heavy atom. The van der Waals surface area contributed by atoms with Crippen molar-refractivity contribution in [2.75, 3.05) is 9.80 Å². The molecule has 3 heterocycles. The van der Waals surface area contributed by atoms with Crippen molar-refractivity contribution in [2.24, 2.45) is 0 Å². The van der Waals surface area contributed by atoms with Gasteiger partial charge in [-0.05, 0) is 69.0 Å². The van der Waals surface area contributed by atoms with E-state index in [1.54, 1.807) is 0 Å². The number of pyridine rings is 1. The van der Waals surface area contributed by atoms with Crippen LogP contribution < -0.4 is 14.5 Å². The first-order chi connectivity index (χ1) is 28.4. The minimum atomic E-state index is -0.0436. The third kappa shape index (κ3) is 7.44. The zero-order chi connectivity index (χ0) is 39.2. The van der Waals surface area contributed by atoms with Gasteiger partial charge in [-0.25, -0.2) is 4.98 Å². The fourth-order valence-electron chi connectivity index (χ4n) is 7.94. The van der Waals surface area contributed by atoms with Crippen LogP contribution in [0.4, 0.5) is 17.1 Å². The summed E-state index contributed by atoms with van der Waals surface area (Å²) in [5, 5.41) is 2.21. The van der Waals surface area contributed by atoms with E-state index in [9.17, 15) is 0 Å². The van der Waals surface area contributed by atoms with E-state index in [1.807, 2.05) is 18.3 Å². The maximum Gasteiger partial charge on any atom is 0.135 e. The van der Waals surface area contributed by atoms with Gasteiger partial charge in [0.25, 0.3) is 0 Å². The minimum absolute atomic E-state index is 0. The molecule has 6 heteroatoms. The third-order valence-electron chi connectivity index (χ3n) is 10.9. The second-order valence-electron chi connectivity index (χ2n) is 15.8. The number of ether oxygens (including phenoxy) is 1. The predicted molar refractivity (Wildman–Crippen MR) is 238 cm³/mol. The zero-order valence-corrected chi connectivity index (χ0v) is 35.3. The molecule has 0 aliphatic carbocycles. The summed E-state index contributed by atoms with van der Waals surface area (Å²) < 4.78 is 9.04. The molecule has 0 bridgehead atoms. The van der Waals surface area contributed by atoms with E-state index in [4.69, 9.17) is 9.72 Å². The van der Waals surface area contributed by atoms with Gasteiger partial charge in [0.1, 0.15) is 5.82 Å². The third-order valence-corrected chi connectivity index (χ3v) is 10.9. The molecule has 59 heavy (non-hydrogen) atoms. The van der Waals surface area contributed by atoms with Gasteiger partial charge in [-0.2, -0.15) is 12.7 Å². The predicted octanol–water partition coefficient (Wildman–Crippen LogP) is 13.5.